The molecule has 0 saturated heterocycles. The van der Waals surface area contributed by atoms with Crippen molar-refractivity contribution in [1.29, 1.82) is 5.41 Å². The molecule has 0 aromatic heterocycles. The van der Waals surface area contributed by atoms with Gasteiger partial charge >= 0.3 is 51.4 Å². The standard InChI is InChI=1S/C9H17N2O.C4H10.CH5NS.K/c1-4-5-6-8(11-2)7-9(10)12-3;1-4(2)3;1-2-3;/h7,10H,4-6H2,1-3H3;4H,1-3H3;2-3H,1H3;/q-1;;;+1/b8-7-,10-9?;;;. The third-order valence-electron chi connectivity index (χ3n) is 1.59. The summed E-state index contributed by atoms with van der Waals surface area (Å²) < 4.78 is 7.15. The summed E-state index contributed by atoms with van der Waals surface area (Å²) in [5.41, 5.74) is 0.934. The van der Waals surface area contributed by atoms with Gasteiger partial charge in [-0.3, -0.25) is 10.1 Å². The molecule has 2 N–H and O–H groups in total. The molecule has 20 heavy (non-hydrogen) atoms. The van der Waals surface area contributed by atoms with Crippen LogP contribution in [0.5, 0.6) is 0 Å². The van der Waals surface area contributed by atoms with Gasteiger partial charge < -0.3 is 10.1 Å². The molecule has 4 nitrogen and oxygen atoms in total. The molecule has 6 heteroatoms. The molecule has 0 aliphatic heterocycles. The molecule has 116 valence electrons. The first kappa shape index (κ1) is 29.0. The number of rotatable bonds is 5. The molecule has 0 amide bonds. The molecule has 0 heterocycles. The van der Waals surface area contributed by atoms with Gasteiger partial charge in [0.15, 0.2) is 0 Å². The van der Waals surface area contributed by atoms with Crippen molar-refractivity contribution >= 4 is 18.7 Å². The molecule has 0 spiro atoms. The van der Waals surface area contributed by atoms with Gasteiger partial charge in [-0.2, -0.15) is 5.70 Å². The Morgan fingerprint density at radius 3 is 2.05 bits per heavy atom. The average molecular weight is 330 g/mol. The molecule has 0 saturated carbocycles. The van der Waals surface area contributed by atoms with E-state index < -0.39 is 0 Å². The molecule has 0 aromatic rings. The van der Waals surface area contributed by atoms with Crippen molar-refractivity contribution in [1.82, 2.24) is 4.72 Å². The number of thiol groups is 1. The predicted molar refractivity (Wildman–Crippen MR) is 90.2 cm³/mol. The fraction of sp³-hybridized carbons (Fsp3) is 0.786. The van der Waals surface area contributed by atoms with Crippen LogP contribution in [0.4, 0.5) is 0 Å². The van der Waals surface area contributed by atoms with Crippen molar-refractivity contribution in [3.05, 3.63) is 17.1 Å². The van der Waals surface area contributed by atoms with Gasteiger partial charge in [0, 0.05) is 0 Å². The van der Waals surface area contributed by atoms with Crippen LogP contribution in [0.1, 0.15) is 47.0 Å². The van der Waals surface area contributed by atoms with E-state index in [4.69, 9.17) is 10.1 Å². The molecular weight excluding hydrogens is 297 g/mol. The second kappa shape index (κ2) is 24.9. The summed E-state index contributed by atoms with van der Waals surface area (Å²) >= 11 is 3.54. The number of hydrogen-bond acceptors (Lipinski definition) is 4. The zero-order chi connectivity index (χ0) is 15.7. The Morgan fingerprint density at radius 2 is 1.80 bits per heavy atom. The fourth-order valence-electron chi connectivity index (χ4n) is 0.817. The summed E-state index contributed by atoms with van der Waals surface area (Å²) in [7, 11) is 4.97. The second-order valence-corrected chi connectivity index (χ2v) is 4.93. The zero-order valence-electron chi connectivity index (χ0n) is 14.6. The topological polar surface area (TPSA) is 59.2 Å². The van der Waals surface area contributed by atoms with Crippen molar-refractivity contribution in [2.75, 3.05) is 21.2 Å². The summed E-state index contributed by atoms with van der Waals surface area (Å²) in [6.45, 7) is 8.63. The van der Waals surface area contributed by atoms with Gasteiger partial charge in [0.05, 0.1) is 7.11 Å². The Kier molecular flexibility index (Phi) is 36.2. The Morgan fingerprint density at radius 1 is 1.40 bits per heavy atom. The normalized spacial score (nSPS) is 9.35. The van der Waals surface area contributed by atoms with Crippen LogP contribution < -0.4 is 56.1 Å². The predicted octanol–water partition coefficient (Wildman–Crippen LogP) is 1.40. The number of ether oxygens (including phenoxy) is 1. The van der Waals surface area contributed by atoms with Crippen molar-refractivity contribution in [2.45, 2.75) is 47.0 Å². The van der Waals surface area contributed by atoms with Gasteiger partial charge in [0.2, 0.25) is 5.90 Å². The maximum Gasteiger partial charge on any atom is 1.00 e. The first-order valence-corrected chi connectivity index (χ1v) is 7.07. The van der Waals surface area contributed by atoms with E-state index in [1.807, 2.05) is 0 Å². The van der Waals surface area contributed by atoms with Crippen LogP contribution in [0.3, 0.4) is 0 Å². The number of nitrogens with one attached hydrogen (secondary N) is 2. The monoisotopic (exact) mass is 329 g/mol. The van der Waals surface area contributed by atoms with E-state index in [-0.39, 0.29) is 57.3 Å². The van der Waals surface area contributed by atoms with Crippen LogP contribution in [-0.2, 0) is 4.74 Å². The van der Waals surface area contributed by atoms with Crippen LogP contribution in [0, 0.1) is 11.3 Å². The molecule has 0 fully saturated rings. The van der Waals surface area contributed by atoms with Gasteiger partial charge in [0.25, 0.3) is 0 Å². The summed E-state index contributed by atoms with van der Waals surface area (Å²) in [5.74, 6) is 1.01. The van der Waals surface area contributed by atoms with Crippen LogP contribution in [-0.4, -0.2) is 27.1 Å². The summed E-state index contributed by atoms with van der Waals surface area (Å²) in [6.07, 6.45) is 4.85. The van der Waals surface area contributed by atoms with Crippen LogP contribution in [0.15, 0.2) is 11.8 Å². The van der Waals surface area contributed by atoms with Gasteiger partial charge in [0.1, 0.15) is 0 Å². The number of hydrogen-bond donors (Lipinski definition) is 3. The van der Waals surface area contributed by atoms with Gasteiger partial charge in [-0.05, 0) is 25.5 Å². The molecule has 0 atom stereocenters. The summed E-state index contributed by atoms with van der Waals surface area (Å²) in [4.78, 5) is 0. The van der Waals surface area contributed by atoms with E-state index in [0.717, 1.165) is 30.9 Å². The van der Waals surface area contributed by atoms with Crippen molar-refractivity contribution in [3.63, 3.8) is 0 Å². The Bertz CT molecular complexity index is 222. The molecule has 0 unspecified atom stereocenters. The molecule has 0 aliphatic carbocycles. The first-order chi connectivity index (χ1) is 8.89. The minimum Gasteiger partial charge on any atom is -0.690 e. The first-order valence-electron chi connectivity index (χ1n) is 6.63. The molecular formula is C14H32KN3OS. The molecule has 0 rings (SSSR count). The molecule has 0 aromatic carbocycles. The van der Waals surface area contributed by atoms with E-state index >= 15 is 0 Å². The minimum atomic E-state index is 0. The zero-order valence-corrected chi connectivity index (χ0v) is 18.6. The Hall–Kier alpha value is 0.956. The molecule has 0 radical (unpaired) electrons. The number of methoxy groups -OCH3 is 1. The van der Waals surface area contributed by atoms with Gasteiger partial charge in [-0.1, -0.05) is 53.4 Å². The van der Waals surface area contributed by atoms with E-state index in [1.165, 1.54) is 7.11 Å². The fourth-order valence-corrected chi connectivity index (χ4v) is 0.817. The van der Waals surface area contributed by atoms with Crippen LogP contribution in [0.2, 0.25) is 0 Å². The van der Waals surface area contributed by atoms with E-state index in [1.54, 1.807) is 20.2 Å². The van der Waals surface area contributed by atoms with Gasteiger partial charge in [-0.15, -0.1) is 7.05 Å². The van der Waals surface area contributed by atoms with Crippen molar-refractivity contribution < 1.29 is 56.1 Å². The molecule has 0 bridgehead atoms. The smallest absolute Gasteiger partial charge is 0.690 e. The van der Waals surface area contributed by atoms with E-state index in [9.17, 15) is 0 Å². The third-order valence-corrected chi connectivity index (χ3v) is 1.59. The van der Waals surface area contributed by atoms with Gasteiger partial charge in [-0.25, -0.2) is 0 Å². The number of allylic oxidation sites excluding steroid dienone is 1. The number of nitrogens with zero attached hydrogens (tertiary/aromatic N) is 1. The van der Waals surface area contributed by atoms with Crippen molar-refractivity contribution in [3.8, 4) is 0 Å². The summed E-state index contributed by atoms with van der Waals surface area (Å²) in [5, 5.41) is 11.3. The Balaban J connectivity index is -0.000000134. The number of unbranched alkanes of at least 4 members (excludes halogenated alkanes) is 1. The van der Waals surface area contributed by atoms with E-state index in [0.29, 0.717) is 0 Å². The van der Waals surface area contributed by atoms with Crippen LogP contribution >= 0.6 is 12.8 Å². The van der Waals surface area contributed by atoms with Crippen LogP contribution in [0.25, 0.3) is 5.32 Å². The SMILES string of the molecule is CC(C)C.CCCC/C(=C/C(=N)OC)[N-]C.CNS.[K+]. The second-order valence-electron chi connectivity index (χ2n) is 4.49. The minimum absolute atomic E-state index is 0. The largest absolute Gasteiger partial charge is 1.00 e. The average Bonchev–Trinajstić information content (AvgIpc) is 2.34. The maximum absolute atomic E-state index is 7.25. The maximum atomic E-state index is 7.25. The van der Waals surface area contributed by atoms with Crippen molar-refractivity contribution in [2.24, 2.45) is 5.92 Å². The van der Waals surface area contributed by atoms with E-state index in [2.05, 4.69) is 50.5 Å². The summed E-state index contributed by atoms with van der Waals surface area (Å²) in [6, 6.07) is 0. The quantitative estimate of drug-likeness (QED) is 0.309. The third kappa shape index (κ3) is 36.4. The molecule has 0 aliphatic rings. The Labute approximate surface area is 174 Å².